The summed E-state index contributed by atoms with van der Waals surface area (Å²) in [6.07, 6.45) is 1.84. The minimum atomic E-state index is -0.418. The SMILES string of the molecule is NC1CCc2c(OCc3cccc(Cl)c3F)cccc21. The van der Waals surface area contributed by atoms with Crippen LogP contribution in [0.3, 0.4) is 0 Å². The van der Waals surface area contributed by atoms with Crippen LogP contribution in [0.4, 0.5) is 4.39 Å². The lowest BCUT2D eigenvalue weighted by Crippen LogP contribution is -2.05. The molecule has 4 heteroatoms. The smallest absolute Gasteiger partial charge is 0.148 e. The lowest BCUT2D eigenvalue weighted by Gasteiger charge is -2.12. The predicted octanol–water partition coefficient (Wildman–Crippen LogP) is 4.00. The van der Waals surface area contributed by atoms with E-state index in [9.17, 15) is 4.39 Å². The number of ether oxygens (including phenoxy) is 1. The lowest BCUT2D eigenvalue weighted by molar-refractivity contribution is 0.297. The van der Waals surface area contributed by atoms with Gasteiger partial charge in [-0.3, -0.25) is 0 Å². The second-order valence-corrected chi connectivity index (χ2v) is 5.38. The number of hydrogen-bond donors (Lipinski definition) is 1. The largest absolute Gasteiger partial charge is 0.489 e. The summed E-state index contributed by atoms with van der Waals surface area (Å²) in [5.74, 6) is 0.369. The first kappa shape index (κ1) is 13.4. The van der Waals surface area contributed by atoms with Gasteiger partial charge in [-0.1, -0.05) is 35.9 Å². The molecule has 0 aromatic heterocycles. The molecule has 0 saturated heterocycles. The maximum atomic E-state index is 13.8. The maximum Gasteiger partial charge on any atom is 0.148 e. The van der Waals surface area contributed by atoms with Crippen molar-refractivity contribution in [1.82, 2.24) is 0 Å². The second kappa shape index (κ2) is 5.43. The molecular formula is C16H15ClFNO. The van der Waals surface area contributed by atoms with Crippen molar-refractivity contribution in [3.05, 3.63) is 63.9 Å². The van der Waals surface area contributed by atoms with Gasteiger partial charge in [-0.05, 0) is 36.1 Å². The van der Waals surface area contributed by atoms with Crippen LogP contribution in [0.5, 0.6) is 5.75 Å². The highest BCUT2D eigenvalue weighted by Gasteiger charge is 2.22. The predicted molar refractivity (Wildman–Crippen MR) is 77.4 cm³/mol. The monoisotopic (exact) mass is 291 g/mol. The Labute approximate surface area is 122 Å². The van der Waals surface area contributed by atoms with Crippen molar-refractivity contribution in [2.24, 2.45) is 5.73 Å². The molecule has 0 spiro atoms. The van der Waals surface area contributed by atoms with Crippen molar-refractivity contribution in [2.45, 2.75) is 25.5 Å². The van der Waals surface area contributed by atoms with E-state index in [2.05, 4.69) is 0 Å². The zero-order valence-corrected chi connectivity index (χ0v) is 11.7. The first-order valence-corrected chi connectivity index (χ1v) is 6.97. The van der Waals surface area contributed by atoms with Gasteiger partial charge in [0, 0.05) is 11.6 Å². The van der Waals surface area contributed by atoms with E-state index < -0.39 is 5.82 Å². The third kappa shape index (κ3) is 2.39. The highest BCUT2D eigenvalue weighted by atomic mass is 35.5. The fraction of sp³-hybridized carbons (Fsp3) is 0.250. The normalized spacial score (nSPS) is 17.1. The van der Waals surface area contributed by atoms with Gasteiger partial charge < -0.3 is 10.5 Å². The van der Waals surface area contributed by atoms with Gasteiger partial charge in [0.15, 0.2) is 0 Å². The van der Waals surface area contributed by atoms with Crippen molar-refractivity contribution in [2.75, 3.05) is 0 Å². The Bertz CT molecular complexity index is 644. The number of hydrogen-bond acceptors (Lipinski definition) is 2. The van der Waals surface area contributed by atoms with Crippen LogP contribution < -0.4 is 10.5 Å². The van der Waals surface area contributed by atoms with Crippen LogP contribution in [0, 0.1) is 5.82 Å². The van der Waals surface area contributed by atoms with E-state index in [1.807, 2.05) is 18.2 Å². The fourth-order valence-corrected chi connectivity index (χ4v) is 2.80. The van der Waals surface area contributed by atoms with Crippen molar-refractivity contribution in [3.63, 3.8) is 0 Å². The maximum absolute atomic E-state index is 13.8. The highest BCUT2D eigenvalue weighted by molar-refractivity contribution is 6.30. The third-order valence-electron chi connectivity index (χ3n) is 3.69. The molecule has 0 bridgehead atoms. The summed E-state index contributed by atoms with van der Waals surface area (Å²) in [6.45, 7) is 0.165. The average molecular weight is 292 g/mol. The molecule has 0 aliphatic heterocycles. The van der Waals surface area contributed by atoms with E-state index in [1.54, 1.807) is 12.1 Å². The fourth-order valence-electron chi connectivity index (χ4n) is 2.60. The van der Waals surface area contributed by atoms with Crippen molar-refractivity contribution < 1.29 is 9.13 Å². The third-order valence-corrected chi connectivity index (χ3v) is 3.98. The molecule has 2 nitrogen and oxygen atoms in total. The zero-order valence-electron chi connectivity index (χ0n) is 10.9. The Balaban J connectivity index is 1.81. The molecule has 1 atom stereocenters. The molecule has 1 aliphatic carbocycles. The molecule has 3 rings (SSSR count). The number of halogens is 2. The molecule has 0 radical (unpaired) electrons. The standard InChI is InChI=1S/C16H15ClFNO/c17-13-5-1-3-10(16(13)18)9-20-15-6-2-4-11-12(15)7-8-14(11)19/h1-6,14H,7-9,19H2. The van der Waals surface area contributed by atoms with E-state index >= 15 is 0 Å². The molecule has 20 heavy (non-hydrogen) atoms. The van der Waals surface area contributed by atoms with Gasteiger partial charge in [-0.25, -0.2) is 4.39 Å². The molecule has 2 aromatic rings. The van der Waals surface area contributed by atoms with Gasteiger partial charge in [0.1, 0.15) is 18.2 Å². The van der Waals surface area contributed by atoms with E-state index in [-0.39, 0.29) is 17.7 Å². The van der Waals surface area contributed by atoms with Gasteiger partial charge in [0.25, 0.3) is 0 Å². The van der Waals surface area contributed by atoms with E-state index in [0.29, 0.717) is 5.56 Å². The average Bonchev–Trinajstić information content (AvgIpc) is 2.83. The van der Waals surface area contributed by atoms with Crippen LogP contribution in [0.15, 0.2) is 36.4 Å². The Morgan fingerprint density at radius 1 is 1.25 bits per heavy atom. The molecule has 104 valence electrons. The zero-order chi connectivity index (χ0) is 14.1. The van der Waals surface area contributed by atoms with Crippen molar-refractivity contribution in [1.29, 1.82) is 0 Å². The molecule has 2 N–H and O–H groups in total. The van der Waals surface area contributed by atoms with Gasteiger partial charge in [-0.2, -0.15) is 0 Å². The first-order valence-electron chi connectivity index (χ1n) is 6.60. The quantitative estimate of drug-likeness (QED) is 0.927. The van der Waals surface area contributed by atoms with E-state index in [0.717, 1.165) is 29.7 Å². The van der Waals surface area contributed by atoms with Crippen LogP contribution in [0.25, 0.3) is 0 Å². The Kier molecular flexibility index (Phi) is 3.64. The Morgan fingerprint density at radius 2 is 2.05 bits per heavy atom. The summed E-state index contributed by atoms with van der Waals surface area (Å²) in [5.41, 5.74) is 8.76. The van der Waals surface area contributed by atoms with Crippen LogP contribution in [-0.4, -0.2) is 0 Å². The van der Waals surface area contributed by atoms with Gasteiger partial charge in [0.05, 0.1) is 5.02 Å². The first-order chi connectivity index (χ1) is 9.66. The summed E-state index contributed by atoms with van der Waals surface area (Å²) in [4.78, 5) is 0. The number of benzene rings is 2. The molecule has 2 aromatic carbocycles. The summed E-state index contributed by atoms with van der Waals surface area (Å²) in [6, 6.07) is 10.9. The summed E-state index contributed by atoms with van der Waals surface area (Å²) >= 11 is 5.76. The number of rotatable bonds is 3. The van der Waals surface area contributed by atoms with E-state index in [4.69, 9.17) is 22.1 Å². The van der Waals surface area contributed by atoms with Gasteiger partial charge in [0.2, 0.25) is 0 Å². The van der Waals surface area contributed by atoms with Gasteiger partial charge in [-0.15, -0.1) is 0 Å². The van der Waals surface area contributed by atoms with Crippen LogP contribution in [0.2, 0.25) is 5.02 Å². The molecule has 1 unspecified atom stereocenters. The summed E-state index contributed by atoms with van der Waals surface area (Å²) in [5, 5.41) is 0.117. The molecule has 0 amide bonds. The second-order valence-electron chi connectivity index (χ2n) is 4.97. The Hall–Kier alpha value is -1.58. The van der Waals surface area contributed by atoms with Crippen LogP contribution in [0.1, 0.15) is 29.2 Å². The topological polar surface area (TPSA) is 35.2 Å². The lowest BCUT2D eigenvalue weighted by atomic mass is 10.1. The molecule has 0 saturated carbocycles. The Morgan fingerprint density at radius 3 is 2.90 bits per heavy atom. The molecular weight excluding hydrogens is 277 g/mol. The minimum absolute atomic E-state index is 0.0801. The highest BCUT2D eigenvalue weighted by Crippen LogP contribution is 2.35. The van der Waals surface area contributed by atoms with Crippen molar-refractivity contribution >= 4 is 11.6 Å². The molecule has 1 aliphatic rings. The van der Waals surface area contributed by atoms with Crippen LogP contribution in [-0.2, 0) is 13.0 Å². The number of nitrogens with two attached hydrogens (primary N) is 1. The summed E-state index contributed by atoms with van der Waals surface area (Å²) in [7, 11) is 0. The van der Waals surface area contributed by atoms with Crippen molar-refractivity contribution in [3.8, 4) is 5.75 Å². The van der Waals surface area contributed by atoms with Gasteiger partial charge >= 0.3 is 0 Å². The minimum Gasteiger partial charge on any atom is -0.489 e. The summed E-state index contributed by atoms with van der Waals surface area (Å²) < 4.78 is 19.6. The van der Waals surface area contributed by atoms with E-state index in [1.165, 1.54) is 6.07 Å². The molecule has 0 heterocycles. The van der Waals surface area contributed by atoms with Crippen LogP contribution >= 0.6 is 11.6 Å². The number of fused-ring (bicyclic) bond motifs is 1. The molecule has 0 fully saturated rings.